The summed E-state index contributed by atoms with van der Waals surface area (Å²) in [5.41, 5.74) is -0.376. The van der Waals surface area contributed by atoms with Crippen LogP contribution in [0.1, 0.15) is 37.5 Å². The summed E-state index contributed by atoms with van der Waals surface area (Å²) in [6.45, 7) is 8.03. The van der Waals surface area contributed by atoms with Gasteiger partial charge >= 0.3 is 0 Å². The molecule has 1 aromatic rings. The third-order valence-corrected chi connectivity index (χ3v) is 5.16. The number of amides is 1. The van der Waals surface area contributed by atoms with E-state index in [-0.39, 0.29) is 11.4 Å². The smallest absolute Gasteiger partial charge is 0.243 e. The molecule has 2 heterocycles. The molecule has 1 N–H and O–H groups in total. The van der Waals surface area contributed by atoms with Gasteiger partial charge in [0, 0.05) is 11.4 Å². The third-order valence-electron chi connectivity index (χ3n) is 3.94. The largest absolute Gasteiger partial charge is 0.332 e. The van der Waals surface area contributed by atoms with Crippen molar-refractivity contribution in [1.29, 1.82) is 0 Å². The van der Waals surface area contributed by atoms with Crippen LogP contribution in [-0.4, -0.2) is 29.4 Å². The Morgan fingerprint density at radius 2 is 2.43 bits per heavy atom. The Labute approximate surface area is 136 Å². The summed E-state index contributed by atoms with van der Waals surface area (Å²) in [7, 11) is 0. The van der Waals surface area contributed by atoms with Crippen LogP contribution in [-0.2, 0) is 11.3 Å². The number of nitrogens with one attached hydrogen (secondary N) is 1. The molecule has 3 nitrogen and oxygen atoms in total. The number of carbonyl (C=O) groups excluding carboxylic acids is 1. The van der Waals surface area contributed by atoms with Crippen molar-refractivity contribution in [3.8, 4) is 0 Å². The average molecular weight is 327 g/mol. The number of hydrogen-bond donors (Lipinski definition) is 1. The van der Waals surface area contributed by atoms with E-state index < -0.39 is 0 Å². The molecular formula is C16H23ClN2OS. The van der Waals surface area contributed by atoms with Crippen molar-refractivity contribution >= 4 is 28.8 Å². The summed E-state index contributed by atoms with van der Waals surface area (Å²) in [6.07, 6.45) is 5.69. The molecule has 1 atom stereocenters. The molecule has 116 valence electrons. The molecule has 0 saturated carbocycles. The van der Waals surface area contributed by atoms with E-state index >= 15 is 0 Å². The number of carbonyl (C=O) groups is 1. The Morgan fingerprint density at radius 1 is 1.62 bits per heavy atom. The van der Waals surface area contributed by atoms with Gasteiger partial charge in [-0.15, -0.1) is 17.9 Å². The quantitative estimate of drug-likeness (QED) is 0.772. The molecule has 1 saturated heterocycles. The number of thiophene rings is 1. The van der Waals surface area contributed by atoms with Crippen LogP contribution in [0.4, 0.5) is 0 Å². The van der Waals surface area contributed by atoms with Crippen molar-refractivity contribution in [2.45, 2.75) is 44.7 Å². The molecule has 0 spiro atoms. The zero-order valence-electron chi connectivity index (χ0n) is 12.5. The van der Waals surface area contributed by atoms with Gasteiger partial charge in [-0.2, -0.15) is 0 Å². The first-order valence-corrected chi connectivity index (χ1v) is 8.70. The summed E-state index contributed by atoms with van der Waals surface area (Å²) in [6, 6.07) is 3.87. The van der Waals surface area contributed by atoms with Gasteiger partial charge in [0.05, 0.1) is 16.4 Å². The molecule has 1 aliphatic heterocycles. The van der Waals surface area contributed by atoms with Gasteiger partial charge < -0.3 is 10.2 Å². The van der Waals surface area contributed by atoms with E-state index in [0.29, 0.717) is 13.1 Å². The number of nitrogens with zero attached hydrogens (tertiary/aromatic N) is 1. The van der Waals surface area contributed by atoms with Crippen LogP contribution in [0.3, 0.4) is 0 Å². The van der Waals surface area contributed by atoms with Crippen LogP contribution in [0.5, 0.6) is 0 Å². The highest BCUT2D eigenvalue weighted by Crippen LogP contribution is 2.29. The second kappa shape index (κ2) is 7.43. The van der Waals surface area contributed by atoms with E-state index in [1.54, 1.807) is 6.08 Å². The molecular weight excluding hydrogens is 304 g/mol. The van der Waals surface area contributed by atoms with Crippen LogP contribution in [0.25, 0.3) is 0 Å². The van der Waals surface area contributed by atoms with Crippen molar-refractivity contribution in [3.05, 3.63) is 34.0 Å². The van der Waals surface area contributed by atoms with E-state index in [1.807, 2.05) is 17.0 Å². The second-order valence-electron chi connectivity index (χ2n) is 5.54. The molecule has 5 heteroatoms. The van der Waals surface area contributed by atoms with Gasteiger partial charge in [0.25, 0.3) is 0 Å². The van der Waals surface area contributed by atoms with Gasteiger partial charge in [0.15, 0.2) is 0 Å². The summed E-state index contributed by atoms with van der Waals surface area (Å²) < 4.78 is 0.762. The van der Waals surface area contributed by atoms with Crippen LogP contribution < -0.4 is 5.32 Å². The Balaban J connectivity index is 2.15. The minimum atomic E-state index is -0.376. The van der Waals surface area contributed by atoms with Gasteiger partial charge in [-0.3, -0.25) is 4.79 Å². The van der Waals surface area contributed by atoms with Crippen molar-refractivity contribution in [3.63, 3.8) is 0 Å². The van der Waals surface area contributed by atoms with E-state index in [2.05, 4.69) is 18.8 Å². The topological polar surface area (TPSA) is 32.3 Å². The van der Waals surface area contributed by atoms with Crippen molar-refractivity contribution in [1.82, 2.24) is 10.2 Å². The van der Waals surface area contributed by atoms with Gasteiger partial charge in [-0.1, -0.05) is 31.0 Å². The minimum absolute atomic E-state index is 0.200. The monoisotopic (exact) mass is 326 g/mol. The number of rotatable bonds is 7. The first kappa shape index (κ1) is 16.5. The molecule has 0 radical (unpaired) electrons. The summed E-state index contributed by atoms with van der Waals surface area (Å²) in [5, 5.41) is 3.45. The minimum Gasteiger partial charge on any atom is -0.332 e. The maximum absolute atomic E-state index is 13.0. The summed E-state index contributed by atoms with van der Waals surface area (Å²) in [4.78, 5) is 16.0. The van der Waals surface area contributed by atoms with Crippen LogP contribution in [0.15, 0.2) is 24.8 Å². The maximum Gasteiger partial charge on any atom is 0.243 e. The van der Waals surface area contributed by atoms with Crippen molar-refractivity contribution in [2.75, 3.05) is 13.1 Å². The van der Waals surface area contributed by atoms with Crippen LogP contribution in [0, 0.1) is 0 Å². The molecule has 21 heavy (non-hydrogen) atoms. The first-order chi connectivity index (χ1) is 10.1. The van der Waals surface area contributed by atoms with Crippen molar-refractivity contribution in [2.24, 2.45) is 0 Å². The Morgan fingerprint density at radius 3 is 2.95 bits per heavy atom. The van der Waals surface area contributed by atoms with E-state index in [1.165, 1.54) is 11.3 Å². The number of hydrogen-bond acceptors (Lipinski definition) is 3. The molecule has 0 bridgehead atoms. The lowest BCUT2D eigenvalue weighted by molar-refractivity contribution is -0.138. The average Bonchev–Trinajstić information content (AvgIpc) is 3.08. The molecule has 2 rings (SSSR count). The Bertz CT molecular complexity index is 494. The zero-order valence-corrected chi connectivity index (χ0v) is 14.1. The first-order valence-electron chi connectivity index (χ1n) is 7.51. The second-order valence-corrected chi connectivity index (χ2v) is 7.34. The molecule has 0 aromatic carbocycles. The van der Waals surface area contributed by atoms with Gasteiger partial charge in [0.1, 0.15) is 0 Å². The van der Waals surface area contributed by atoms with Crippen molar-refractivity contribution < 1.29 is 4.79 Å². The fourth-order valence-electron chi connectivity index (χ4n) is 3.04. The highest BCUT2D eigenvalue weighted by molar-refractivity contribution is 7.16. The van der Waals surface area contributed by atoms with E-state index in [4.69, 9.17) is 11.6 Å². The van der Waals surface area contributed by atoms with Gasteiger partial charge in [0.2, 0.25) is 5.91 Å². The molecule has 1 fully saturated rings. The molecule has 1 unspecified atom stereocenters. The van der Waals surface area contributed by atoms with Gasteiger partial charge in [-0.05, 0) is 37.9 Å². The fraction of sp³-hybridized carbons (Fsp3) is 0.562. The molecule has 1 aromatic heterocycles. The van der Waals surface area contributed by atoms with E-state index in [9.17, 15) is 4.79 Å². The lowest BCUT2D eigenvalue weighted by Gasteiger charge is -2.34. The predicted octanol–water partition coefficient (Wildman–Crippen LogP) is 3.84. The van der Waals surface area contributed by atoms with Crippen LogP contribution in [0.2, 0.25) is 4.34 Å². The van der Waals surface area contributed by atoms with E-state index in [0.717, 1.165) is 41.4 Å². The SMILES string of the molecule is C=CCN(Cc1ccc(Cl)s1)C(=O)C1(CCC)CCCN1. The predicted molar refractivity (Wildman–Crippen MR) is 89.8 cm³/mol. The highest BCUT2D eigenvalue weighted by Gasteiger charge is 2.42. The normalized spacial score (nSPS) is 21.4. The Hall–Kier alpha value is -0.840. The summed E-state index contributed by atoms with van der Waals surface area (Å²) >= 11 is 7.52. The standard InChI is InChI=1S/C16H23ClN2OS/c1-3-8-16(9-5-10-18-16)15(20)19(11-4-2)12-13-6-7-14(17)21-13/h4,6-7,18H,2-3,5,8-12H2,1H3. The third kappa shape index (κ3) is 3.87. The fourth-order valence-corrected chi connectivity index (χ4v) is 4.14. The zero-order chi connectivity index (χ0) is 15.3. The van der Waals surface area contributed by atoms with Crippen LogP contribution >= 0.6 is 22.9 Å². The number of halogens is 1. The van der Waals surface area contributed by atoms with Gasteiger partial charge in [-0.25, -0.2) is 0 Å². The molecule has 0 aliphatic carbocycles. The lowest BCUT2D eigenvalue weighted by Crippen LogP contribution is -2.54. The molecule has 1 amide bonds. The Kier molecular flexibility index (Phi) is 5.85. The highest BCUT2D eigenvalue weighted by atomic mass is 35.5. The lowest BCUT2D eigenvalue weighted by atomic mass is 9.90. The molecule has 1 aliphatic rings. The maximum atomic E-state index is 13.0. The summed E-state index contributed by atoms with van der Waals surface area (Å²) in [5.74, 6) is 0.200.